The van der Waals surface area contributed by atoms with Gasteiger partial charge in [-0.15, -0.1) is 0 Å². The molecule has 2 atom stereocenters. The first kappa shape index (κ1) is 10.1. The number of aliphatic hydroxyl groups excluding tert-OH is 1. The van der Waals surface area contributed by atoms with Gasteiger partial charge in [0, 0.05) is 29.0 Å². The maximum Gasteiger partial charge on any atom is 0.107 e. The van der Waals surface area contributed by atoms with Gasteiger partial charge in [-0.2, -0.15) is 0 Å². The van der Waals surface area contributed by atoms with Crippen molar-refractivity contribution in [3.8, 4) is 0 Å². The highest BCUT2D eigenvalue weighted by Gasteiger charge is 2.25. The van der Waals surface area contributed by atoms with Crippen LogP contribution in [0.15, 0.2) is 22.9 Å². The van der Waals surface area contributed by atoms with Crippen molar-refractivity contribution < 1.29 is 9.84 Å². The number of rotatable bonds is 2. The molecule has 4 heteroatoms. The number of nitrogens with zero attached hydrogens (tertiary/aromatic N) is 1. The molecule has 1 aromatic heterocycles. The molecule has 1 aliphatic heterocycles. The molecule has 0 bridgehead atoms. The van der Waals surface area contributed by atoms with E-state index in [2.05, 4.69) is 20.9 Å². The molecule has 1 aliphatic rings. The molecule has 1 saturated heterocycles. The molecule has 14 heavy (non-hydrogen) atoms. The third-order valence-corrected chi connectivity index (χ3v) is 2.82. The van der Waals surface area contributed by atoms with E-state index < -0.39 is 6.10 Å². The number of hydrogen-bond acceptors (Lipinski definition) is 3. The lowest BCUT2D eigenvalue weighted by atomic mass is 10.0. The minimum Gasteiger partial charge on any atom is -0.386 e. The lowest BCUT2D eigenvalue weighted by Gasteiger charge is -2.17. The van der Waals surface area contributed by atoms with Crippen molar-refractivity contribution in [3.63, 3.8) is 0 Å². The third-order valence-electron chi connectivity index (χ3n) is 2.38. The van der Waals surface area contributed by atoms with E-state index in [0.29, 0.717) is 0 Å². The highest BCUT2D eigenvalue weighted by atomic mass is 79.9. The summed E-state index contributed by atoms with van der Waals surface area (Å²) < 4.78 is 6.30. The van der Waals surface area contributed by atoms with Crippen molar-refractivity contribution in [2.24, 2.45) is 0 Å². The van der Waals surface area contributed by atoms with E-state index in [0.717, 1.165) is 29.5 Å². The summed E-state index contributed by atoms with van der Waals surface area (Å²) in [6.45, 7) is 0.753. The molecule has 1 fully saturated rings. The highest BCUT2D eigenvalue weighted by Crippen LogP contribution is 2.27. The Balaban J connectivity index is 2.13. The zero-order chi connectivity index (χ0) is 9.97. The standard InChI is InChI=1S/C10H12BrNO2/c11-8-4-7(5-12-6-8)10(13)9-2-1-3-14-9/h4-6,9-10,13H,1-3H2/t9-,10+/m0/s1. The second kappa shape index (κ2) is 4.38. The molecule has 0 saturated carbocycles. The van der Waals surface area contributed by atoms with Gasteiger partial charge in [0.15, 0.2) is 0 Å². The van der Waals surface area contributed by atoms with Crippen molar-refractivity contribution in [2.75, 3.05) is 6.61 Å². The van der Waals surface area contributed by atoms with Crippen LogP contribution in [0, 0.1) is 0 Å². The zero-order valence-corrected chi connectivity index (χ0v) is 9.27. The Bertz CT molecular complexity index is 313. The van der Waals surface area contributed by atoms with Crippen molar-refractivity contribution in [1.82, 2.24) is 4.98 Å². The van der Waals surface area contributed by atoms with Gasteiger partial charge in [-0.3, -0.25) is 4.98 Å². The summed E-state index contributed by atoms with van der Waals surface area (Å²) in [7, 11) is 0. The average Bonchev–Trinajstić information content (AvgIpc) is 2.69. The van der Waals surface area contributed by atoms with E-state index in [4.69, 9.17) is 4.74 Å². The van der Waals surface area contributed by atoms with Crippen molar-refractivity contribution in [3.05, 3.63) is 28.5 Å². The van der Waals surface area contributed by atoms with Gasteiger partial charge < -0.3 is 9.84 Å². The van der Waals surface area contributed by atoms with Gasteiger partial charge in [0.2, 0.25) is 0 Å². The molecule has 1 N–H and O–H groups in total. The molecular formula is C10H12BrNO2. The third kappa shape index (κ3) is 2.13. The Morgan fingerprint density at radius 2 is 2.43 bits per heavy atom. The van der Waals surface area contributed by atoms with Gasteiger partial charge in [-0.1, -0.05) is 0 Å². The van der Waals surface area contributed by atoms with Crippen LogP contribution in [0.1, 0.15) is 24.5 Å². The lowest BCUT2D eigenvalue weighted by Crippen LogP contribution is -2.17. The molecule has 0 amide bonds. The van der Waals surface area contributed by atoms with Crippen LogP contribution in [0.2, 0.25) is 0 Å². The molecule has 3 nitrogen and oxygen atoms in total. The van der Waals surface area contributed by atoms with Crippen LogP contribution in [0.4, 0.5) is 0 Å². The SMILES string of the molecule is O[C@H](c1cncc(Br)c1)[C@@H]1CCCO1. The Hall–Kier alpha value is -0.450. The number of ether oxygens (including phenoxy) is 1. The van der Waals surface area contributed by atoms with Crippen LogP contribution in [0.5, 0.6) is 0 Å². The second-order valence-corrected chi connectivity index (χ2v) is 4.35. The first-order valence-electron chi connectivity index (χ1n) is 4.67. The van der Waals surface area contributed by atoms with Gasteiger partial charge in [-0.05, 0) is 34.8 Å². The number of pyridine rings is 1. The van der Waals surface area contributed by atoms with Crippen LogP contribution in [0.25, 0.3) is 0 Å². The lowest BCUT2D eigenvalue weighted by molar-refractivity contribution is -0.00277. The summed E-state index contributed by atoms with van der Waals surface area (Å²) in [5.74, 6) is 0. The molecule has 0 spiro atoms. The molecular weight excluding hydrogens is 246 g/mol. The smallest absolute Gasteiger partial charge is 0.107 e. The van der Waals surface area contributed by atoms with Gasteiger partial charge in [0.25, 0.3) is 0 Å². The molecule has 1 aromatic rings. The summed E-state index contributed by atoms with van der Waals surface area (Å²) in [6.07, 6.45) is 4.72. The Labute approximate surface area is 91.2 Å². The highest BCUT2D eigenvalue weighted by molar-refractivity contribution is 9.10. The topological polar surface area (TPSA) is 42.4 Å². The second-order valence-electron chi connectivity index (χ2n) is 3.43. The monoisotopic (exact) mass is 257 g/mol. The quantitative estimate of drug-likeness (QED) is 0.882. The Morgan fingerprint density at radius 1 is 1.57 bits per heavy atom. The zero-order valence-electron chi connectivity index (χ0n) is 7.69. The summed E-state index contributed by atoms with van der Waals surface area (Å²) in [6, 6.07) is 1.87. The molecule has 0 aromatic carbocycles. The van der Waals surface area contributed by atoms with Gasteiger partial charge in [0.1, 0.15) is 6.10 Å². The Morgan fingerprint density at radius 3 is 3.07 bits per heavy atom. The molecule has 0 radical (unpaired) electrons. The molecule has 0 unspecified atom stereocenters. The minimum atomic E-state index is -0.553. The van der Waals surface area contributed by atoms with E-state index in [9.17, 15) is 5.11 Å². The molecule has 0 aliphatic carbocycles. The Kier molecular flexibility index (Phi) is 3.15. The normalized spacial score (nSPS) is 23.7. The largest absolute Gasteiger partial charge is 0.386 e. The fourth-order valence-electron chi connectivity index (χ4n) is 1.66. The van der Waals surface area contributed by atoms with E-state index >= 15 is 0 Å². The van der Waals surface area contributed by atoms with E-state index in [-0.39, 0.29) is 6.10 Å². The van der Waals surface area contributed by atoms with E-state index in [1.807, 2.05) is 6.07 Å². The summed E-state index contributed by atoms with van der Waals surface area (Å²) in [4.78, 5) is 4.01. The van der Waals surface area contributed by atoms with Crippen LogP contribution < -0.4 is 0 Å². The first-order chi connectivity index (χ1) is 6.77. The molecule has 2 heterocycles. The predicted molar refractivity (Wildman–Crippen MR) is 55.9 cm³/mol. The fraction of sp³-hybridized carbons (Fsp3) is 0.500. The van der Waals surface area contributed by atoms with Gasteiger partial charge in [-0.25, -0.2) is 0 Å². The number of aliphatic hydroxyl groups is 1. The maximum absolute atomic E-state index is 9.96. The van der Waals surface area contributed by atoms with Crippen LogP contribution in [-0.2, 0) is 4.74 Å². The molecule has 76 valence electrons. The summed E-state index contributed by atoms with van der Waals surface area (Å²) >= 11 is 3.32. The number of halogens is 1. The van der Waals surface area contributed by atoms with Crippen molar-refractivity contribution in [1.29, 1.82) is 0 Å². The van der Waals surface area contributed by atoms with E-state index in [1.54, 1.807) is 12.4 Å². The summed E-state index contributed by atoms with van der Waals surface area (Å²) in [5.41, 5.74) is 0.811. The van der Waals surface area contributed by atoms with Gasteiger partial charge >= 0.3 is 0 Å². The minimum absolute atomic E-state index is 0.0638. The van der Waals surface area contributed by atoms with Crippen LogP contribution >= 0.6 is 15.9 Å². The van der Waals surface area contributed by atoms with Crippen molar-refractivity contribution in [2.45, 2.75) is 25.0 Å². The molecule has 2 rings (SSSR count). The number of hydrogen-bond donors (Lipinski definition) is 1. The van der Waals surface area contributed by atoms with Crippen LogP contribution in [0.3, 0.4) is 0 Å². The maximum atomic E-state index is 9.96. The van der Waals surface area contributed by atoms with E-state index in [1.165, 1.54) is 0 Å². The predicted octanol–water partition coefficient (Wildman–Crippen LogP) is 2.06. The van der Waals surface area contributed by atoms with Crippen molar-refractivity contribution >= 4 is 15.9 Å². The fourth-order valence-corrected chi connectivity index (χ4v) is 2.04. The summed E-state index contributed by atoms with van der Waals surface area (Å²) in [5, 5.41) is 9.96. The average molecular weight is 258 g/mol. The van der Waals surface area contributed by atoms with Crippen LogP contribution in [-0.4, -0.2) is 22.8 Å². The number of aromatic nitrogens is 1. The van der Waals surface area contributed by atoms with Gasteiger partial charge in [0.05, 0.1) is 6.10 Å². The first-order valence-corrected chi connectivity index (χ1v) is 5.47.